The second kappa shape index (κ2) is 9.25. The molecule has 1 aromatic heterocycles. The molecule has 0 spiro atoms. The molecule has 0 radical (unpaired) electrons. The number of ether oxygens (including phenoxy) is 2. The first-order valence-electron chi connectivity index (χ1n) is 11.6. The Kier molecular flexibility index (Phi) is 5.98. The maximum Gasteiger partial charge on any atom is 0.328 e. The van der Waals surface area contributed by atoms with Crippen LogP contribution in [0.15, 0.2) is 59.1 Å². The topological polar surface area (TPSA) is 120 Å². The highest BCUT2D eigenvalue weighted by molar-refractivity contribution is 6.22. The fourth-order valence-corrected chi connectivity index (χ4v) is 4.68. The summed E-state index contributed by atoms with van der Waals surface area (Å²) >= 11 is 0. The number of nitrogens with zero attached hydrogens (tertiary/aromatic N) is 1. The van der Waals surface area contributed by atoms with Crippen LogP contribution in [0.3, 0.4) is 0 Å². The molecule has 4 amide bonds. The van der Waals surface area contributed by atoms with Gasteiger partial charge in [-0.25, -0.2) is 4.79 Å². The summed E-state index contributed by atoms with van der Waals surface area (Å²) in [7, 11) is 0. The number of aromatic nitrogens is 1. The van der Waals surface area contributed by atoms with Crippen LogP contribution < -0.4 is 20.1 Å². The molecule has 0 unspecified atom stereocenters. The Morgan fingerprint density at radius 3 is 2.00 bits per heavy atom. The Balaban J connectivity index is 1.32. The number of carbonyl (C=O) groups is 3. The average Bonchev–Trinajstić information content (AvgIpc) is 3.30. The smallest absolute Gasteiger partial charge is 0.328 e. The summed E-state index contributed by atoms with van der Waals surface area (Å²) in [6.07, 6.45) is 4.17. The molecular weight excluding hydrogens is 450 g/mol. The molecule has 2 fully saturated rings. The van der Waals surface area contributed by atoms with E-state index in [4.69, 9.17) is 14.0 Å². The number of rotatable bonds is 6. The molecule has 0 bridgehead atoms. The van der Waals surface area contributed by atoms with Gasteiger partial charge in [-0.1, -0.05) is 24.4 Å². The van der Waals surface area contributed by atoms with E-state index in [0.717, 1.165) is 36.3 Å². The molecule has 2 N–H and O–H groups in total. The number of amides is 4. The van der Waals surface area contributed by atoms with Crippen molar-refractivity contribution < 1.29 is 28.4 Å². The van der Waals surface area contributed by atoms with Gasteiger partial charge < -0.3 is 14.0 Å². The van der Waals surface area contributed by atoms with Gasteiger partial charge >= 0.3 is 6.03 Å². The van der Waals surface area contributed by atoms with Crippen LogP contribution in [0, 0.1) is 12.8 Å². The highest BCUT2D eigenvalue weighted by Crippen LogP contribution is 2.38. The third-order valence-electron chi connectivity index (χ3n) is 6.43. The third-order valence-corrected chi connectivity index (χ3v) is 6.43. The first-order valence-corrected chi connectivity index (χ1v) is 11.6. The van der Waals surface area contributed by atoms with Crippen molar-refractivity contribution in [2.45, 2.75) is 44.6 Å². The minimum atomic E-state index is -1.79. The predicted octanol–water partition coefficient (Wildman–Crippen LogP) is 4.51. The average molecular weight is 476 g/mol. The Morgan fingerprint density at radius 1 is 0.857 bits per heavy atom. The Morgan fingerprint density at radius 2 is 1.43 bits per heavy atom. The Labute approximate surface area is 201 Å². The zero-order chi connectivity index (χ0) is 24.4. The lowest BCUT2D eigenvalue weighted by atomic mass is 9.75. The summed E-state index contributed by atoms with van der Waals surface area (Å²) in [5.74, 6) is 0.490. The van der Waals surface area contributed by atoms with Crippen LogP contribution in [-0.4, -0.2) is 28.6 Å². The lowest BCUT2D eigenvalue weighted by Gasteiger charge is -2.41. The number of urea groups is 1. The lowest BCUT2D eigenvalue weighted by Crippen LogP contribution is -2.72. The number of barbiturate groups is 1. The molecule has 35 heavy (non-hydrogen) atoms. The molecule has 1 saturated carbocycles. The fourth-order valence-electron chi connectivity index (χ4n) is 4.68. The molecule has 1 saturated heterocycles. The van der Waals surface area contributed by atoms with Crippen molar-refractivity contribution in [3.63, 3.8) is 0 Å². The van der Waals surface area contributed by atoms with E-state index in [1.54, 1.807) is 24.3 Å². The van der Waals surface area contributed by atoms with Crippen LogP contribution >= 0.6 is 0 Å². The van der Waals surface area contributed by atoms with Gasteiger partial charge in [0.1, 0.15) is 28.7 Å². The van der Waals surface area contributed by atoms with Crippen molar-refractivity contribution >= 4 is 17.8 Å². The van der Waals surface area contributed by atoms with E-state index < -0.39 is 23.4 Å². The van der Waals surface area contributed by atoms with E-state index in [-0.39, 0.29) is 5.92 Å². The van der Waals surface area contributed by atoms with Crippen molar-refractivity contribution in [3.8, 4) is 28.5 Å². The molecule has 1 aliphatic heterocycles. The number of benzene rings is 2. The Hall–Kier alpha value is -4.14. The predicted molar refractivity (Wildman–Crippen MR) is 125 cm³/mol. The van der Waals surface area contributed by atoms with Crippen molar-refractivity contribution in [3.05, 3.63) is 60.4 Å². The van der Waals surface area contributed by atoms with Crippen molar-refractivity contribution in [1.82, 2.24) is 15.8 Å². The van der Waals surface area contributed by atoms with Crippen molar-refractivity contribution in [2.24, 2.45) is 5.92 Å². The first kappa shape index (κ1) is 22.6. The van der Waals surface area contributed by atoms with E-state index in [1.807, 2.05) is 37.3 Å². The quantitative estimate of drug-likeness (QED) is 0.504. The molecule has 180 valence electrons. The number of nitrogens with one attached hydrogen (secondary N) is 2. The maximum atomic E-state index is 12.9. The van der Waals surface area contributed by atoms with Gasteiger partial charge in [0, 0.05) is 17.5 Å². The zero-order valence-corrected chi connectivity index (χ0v) is 19.2. The molecule has 5 rings (SSSR count). The Bertz CT molecular complexity index is 1220. The van der Waals surface area contributed by atoms with Gasteiger partial charge in [0.25, 0.3) is 17.4 Å². The molecule has 3 aromatic rings. The summed E-state index contributed by atoms with van der Waals surface area (Å²) in [6, 6.07) is 15.1. The number of hydrogen-bond donors (Lipinski definition) is 2. The number of imide groups is 2. The van der Waals surface area contributed by atoms with Crippen LogP contribution in [-0.2, 0) is 9.59 Å². The molecular formula is C26H25N3O6. The fraction of sp³-hybridized carbons (Fsp3) is 0.308. The second-order valence-corrected chi connectivity index (χ2v) is 8.83. The van der Waals surface area contributed by atoms with E-state index in [1.165, 1.54) is 0 Å². The molecule has 2 aliphatic rings. The molecule has 9 nitrogen and oxygen atoms in total. The summed E-state index contributed by atoms with van der Waals surface area (Å²) in [4.78, 5) is 37.5. The monoisotopic (exact) mass is 475 g/mol. The van der Waals surface area contributed by atoms with Gasteiger partial charge in [-0.05, 0) is 68.3 Å². The summed E-state index contributed by atoms with van der Waals surface area (Å²) in [5, 5.41) is 8.43. The van der Waals surface area contributed by atoms with Crippen LogP contribution in [0.25, 0.3) is 11.3 Å². The molecule has 9 heteroatoms. The second-order valence-electron chi connectivity index (χ2n) is 8.83. The highest BCUT2D eigenvalue weighted by Gasteiger charge is 2.58. The number of aryl methyl sites for hydroxylation is 1. The lowest BCUT2D eigenvalue weighted by molar-refractivity contribution is -0.158. The molecule has 2 heterocycles. The van der Waals surface area contributed by atoms with Crippen LogP contribution in [0.4, 0.5) is 4.79 Å². The van der Waals surface area contributed by atoms with Gasteiger partial charge in [-0.15, -0.1) is 0 Å². The van der Waals surface area contributed by atoms with Crippen LogP contribution in [0.5, 0.6) is 17.2 Å². The van der Waals surface area contributed by atoms with Gasteiger partial charge in [-0.3, -0.25) is 20.2 Å². The maximum absolute atomic E-state index is 12.9. The SMILES string of the molecule is Cc1cc(-c2ccc(Oc3ccc(OC4(C5CCCCC5)C(=O)NC(=O)NC4=O)cc3)cc2)no1. The minimum Gasteiger partial charge on any atom is -0.467 e. The van der Waals surface area contributed by atoms with E-state index >= 15 is 0 Å². The largest absolute Gasteiger partial charge is 0.467 e. The summed E-state index contributed by atoms with van der Waals surface area (Å²) in [5.41, 5.74) is -0.125. The van der Waals surface area contributed by atoms with E-state index in [2.05, 4.69) is 15.8 Å². The van der Waals surface area contributed by atoms with Gasteiger partial charge in [0.2, 0.25) is 0 Å². The molecule has 0 atom stereocenters. The first-order chi connectivity index (χ1) is 16.9. The van der Waals surface area contributed by atoms with E-state index in [0.29, 0.717) is 30.1 Å². The highest BCUT2D eigenvalue weighted by atomic mass is 16.5. The van der Waals surface area contributed by atoms with Crippen LogP contribution in [0.1, 0.15) is 37.9 Å². The number of hydrogen-bond acceptors (Lipinski definition) is 7. The molecule has 1 aliphatic carbocycles. The van der Waals surface area contributed by atoms with E-state index in [9.17, 15) is 14.4 Å². The number of carbonyl (C=O) groups excluding carboxylic acids is 3. The van der Waals surface area contributed by atoms with Gasteiger partial charge in [0.15, 0.2) is 0 Å². The van der Waals surface area contributed by atoms with Gasteiger partial charge in [-0.2, -0.15) is 0 Å². The normalized spacial score (nSPS) is 18.0. The third kappa shape index (κ3) is 4.49. The zero-order valence-electron chi connectivity index (χ0n) is 19.2. The summed E-state index contributed by atoms with van der Waals surface area (Å²) in [6.45, 7) is 1.84. The van der Waals surface area contributed by atoms with Crippen molar-refractivity contribution in [1.29, 1.82) is 0 Å². The standard InChI is InChI=1S/C26H25N3O6/c1-16-15-22(29-35-16)17-7-9-19(10-8-17)33-20-11-13-21(14-12-20)34-26(18-5-3-2-4-6-18)23(30)27-25(32)28-24(26)31/h7-15,18H,2-6H2,1H3,(H2,27,28,30,31,32). The van der Waals surface area contributed by atoms with Crippen molar-refractivity contribution in [2.75, 3.05) is 0 Å². The summed E-state index contributed by atoms with van der Waals surface area (Å²) < 4.78 is 17.1. The van der Waals surface area contributed by atoms with Gasteiger partial charge in [0.05, 0.1) is 0 Å². The van der Waals surface area contributed by atoms with Crippen LogP contribution in [0.2, 0.25) is 0 Å². The molecule has 2 aromatic carbocycles. The minimum absolute atomic E-state index is 0.327.